The van der Waals surface area contributed by atoms with Crippen LogP contribution in [-0.4, -0.2) is 16.2 Å². The second-order valence-corrected chi connectivity index (χ2v) is 4.73. The summed E-state index contributed by atoms with van der Waals surface area (Å²) in [7, 11) is 0. The van der Waals surface area contributed by atoms with Gasteiger partial charge in [0.1, 0.15) is 5.75 Å². The van der Waals surface area contributed by atoms with Crippen LogP contribution in [0.1, 0.15) is 31.9 Å². The first-order valence-corrected chi connectivity index (χ1v) is 5.04. The fourth-order valence-electron chi connectivity index (χ4n) is 1.33. The molecule has 0 fully saturated rings. The minimum Gasteiger partial charge on any atom is -0.508 e. The molecule has 16 heavy (non-hydrogen) atoms. The number of aliphatic carboxylic acids is 1. The number of carboxylic acids is 1. The molecule has 0 spiro atoms. The van der Waals surface area contributed by atoms with E-state index in [2.05, 4.69) is 0 Å². The number of carboxylic acid groups (broad SMARTS) is 1. The number of phenolic OH excluding ortho intramolecular Hbond substituents is 1. The molecular weight excluding hydrogens is 204 g/mol. The van der Waals surface area contributed by atoms with Crippen LogP contribution in [0.4, 0.5) is 0 Å². The van der Waals surface area contributed by atoms with Gasteiger partial charge in [0.25, 0.3) is 0 Å². The van der Waals surface area contributed by atoms with Crippen LogP contribution in [0.5, 0.6) is 5.75 Å². The van der Waals surface area contributed by atoms with E-state index in [1.165, 1.54) is 12.1 Å². The van der Waals surface area contributed by atoms with E-state index < -0.39 is 5.97 Å². The summed E-state index contributed by atoms with van der Waals surface area (Å²) in [5, 5.41) is 18.1. The van der Waals surface area contributed by atoms with Crippen molar-refractivity contribution in [2.75, 3.05) is 0 Å². The smallest absolute Gasteiger partial charge is 0.328 e. The molecule has 2 N–H and O–H groups in total. The van der Waals surface area contributed by atoms with E-state index in [-0.39, 0.29) is 11.2 Å². The monoisotopic (exact) mass is 220 g/mol. The molecule has 0 amide bonds. The summed E-state index contributed by atoms with van der Waals surface area (Å²) >= 11 is 0. The van der Waals surface area contributed by atoms with E-state index in [9.17, 15) is 9.90 Å². The number of benzene rings is 1. The van der Waals surface area contributed by atoms with E-state index in [1.807, 2.05) is 26.8 Å². The molecule has 0 aromatic heterocycles. The molecular formula is C13H16O3. The van der Waals surface area contributed by atoms with Crippen LogP contribution in [0.3, 0.4) is 0 Å². The van der Waals surface area contributed by atoms with Crippen LogP contribution in [0.2, 0.25) is 0 Å². The van der Waals surface area contributed by atoms with Crippen molar-refractivity contribution in [3.63, 3.8) is 0 Å². The summed E-state index contributed by atoms with van der Waals surface area (Å²) in [6, 6.07) is 5.10. The first kappa shape index (κ1) is 12.3. The first-order chi connectivity index (χ1) is 7.29. The van der Waals surface area contributed by atoms with Gasteiger partial charge in [-0.1, -0.05) is 26.8 Å². The Morgan fingerprint density at radius 3 is 2.38 bits per heavy atom. The van der Waals surface area contributed by atoms with Crippen molar-refractivity contribution in [1.82, 2.24) is 0 Å². The molecule has 1 aromatic carbocycles. The fraction of sp³-hybridized carbons (Fsp3) is 0.308. The predicted octanol–water partition coefficient (Wildman–Crippen LogP) is 2.79. The lowest BCUT2D eigenvalue weighted by atomic mass is 9.86. The van der Waals surface area contributed by atoms with Gasteiger partial charge in [-0.2, -0.15) is 0 Å². The maximum Gasteiger partial charge on any atom is 0.328 e. The summed E-state index contributed by atoms with van der Waals surface area (Å²) < 4.78 is 0. The van der Waals surface area contributed by atoms with Crippen molar-refractivity contribution in [2.45, 2.75) is 26.2 Å². The Bertz CT molecular complexity index is 425. The summed E-state index contributed by atoms with van der Waals surface area (Å²) in [5.41, 5.74) is 1.58. The maximum atomic E-state index is 10.4. The number of hydrogen-bond donors (Lipinski definition) is 2. The normalized spacial score (nSPS) is 11.9. The average Bonchev–Trinajstić information content (AvgIpc) is 2.12. The quantitative estimate of drug-likeness (QED) is 0.753. The molecule has 0 radical (unpaired) electrons. The maximum absolute atomic E-state index is 10.4. The molecule has 3 heteroatoms. The third kappa shape index (κ3) is 3.42. The van der Waals surface area contributed by atoms with E-state index in [0.29, 0.717) is 5.56 Å². The van der Waals surface area contributed by atoms with Crippen molar-refractivity contribution in [3.8, 4) is 5.75 Å². The Labute approximate surface area is 95.0 Å². The third-order valence-electron chi connectivity index (χ3n) is 2.22. The average molecular weight is 220 g/mol. The van der Waals surface area contributed by atoms with E-state index >= 15 is 0 Å². The Hall–Kier alpha value is -1.77. The van der Waals surface area contributed by atoms with Crippen LogP contribution in [0.25, 0.3) is 6.08 Å². The molecule has 1 aromatic rings. The number of aromatic hydroxyl groups is 1. The Kier molecular flexibility index (Phi) is 3.38. The Morgan fingerprint density at radius 1 is 1.25 bits per heavy atom. The molecule has 0 saturated carbocycles. The highest BCUT2D eigenvalue weighted by Crippen LogP contribution is 2.27. The van der Waals surface area contributed by atoms with Gasteiger partial charge < -0.3 is 10.2 Å². The van der Waals surface area contributed by atoms with Gasteiger partial charge in [0, 0.05) is 6.08 Å². The molecule has 0 aliphatic carbocycles. The molecule has 0 aliphatic rings. The van der Waals surface area contributed by atoms with Crippen molar-refractivity contribution in [1.29, 1.82) is 0 Å². The van der Waals surface area contributed by atoms with Gasteiger partial charge in [-0.25, -0.2) is 4.79 Å². The highest BCUT2D eigenvalue weighted by atomic mass is 16.4. The number of hydrogen-bond acceptors (Lipinski definition) is 2. The zero-order valence-corrected chi connectivity index (χ0v) is 9.69. The second-order valence-electron chi connectivity index (χ2n) is 4.73. The Morgan fingerprint density at radius 2 is 1.88 bits per heavy atom. The van der Waals surface area contributed by atoms with Gasteiger partial charge >= 0.3 is 5.97 Å². The van der Waals surface area contributed by atoms with Gasteiger partial charge in [0.05, 0.1) is 0 Å². The summed E-state index contributed by atoms with van der Waals surface area (Å²) in [6.07, 6.45) is 2.53. The van der Waals surface area contributed by atoms with Gasteiger partial charge in [-0.15, -0.1) is 0 Å². The van der Waals surface area contributed by atoms with Gasteiger partial charge in [0.2, 0.25) is 0 Å². The largest absolute Gasteiger partial charge is 0.508 e. The van der Waals surface area contributed by atoms with E-state index in [0.717, 1.165) is 11.6 Å². The van der Waals surface area contributed by atoms with Crippen molar-refractivity contribution in [3.05, 3.63) is 35.4 Å². The van der Waals surface area contributed by atoms with Gasteiger partial charge in [-0.3, -0.25) is 0 Å². The standard InChI is InChI=1S/C13H16O3/c1-13(2,3)10-6-9(4-5-12(15)16)7-11(14)8-10/h4-8,14H,1-3H3,(H,15,16). The van der Waals surface area contributed by atoms with Crippen LogP contribution in [-0.2, 0) is 10.2 Å². The molecule has 0 heterocycles. The molecule has 86 valence electrons. The van der Waals surface area contributed by atoms with Crippen LogP contribution in [0, 0.1) is 0 Å². The summed E-state index contributed by atoms with van der Waals surface area (Å²) in [5.74, 6) is -0.849. The second kappa shape index (κ2) is 4.39. The molecule has 0 atom stereocenters. The van der Waals surface area contributed by atoms with Crippen LogP contribution < -0.4 is 0 Å². The van der Waals surface area contributed by atoms with E-state index in [1.54, 1.807) is 6.07 Å². The highest BCUT2D eigenvalue weighted by molar-refractivity contribution is 5.85. The molecule has 1 rings (SSSR count). The van der Waals surface area contributed by atoms with Crippen molar-refractivity contribution >= 4 is 12.0 Å². The van der Waals surface area contributed by atoms with Crippen molar-refractivity contribution in [2.24, 2.45) is 0 Å². The number of phenols is 1. The van der Waals surface area contributed by atoms with Crippen LogP contribution >= 0.6 is 0 Å². The highest BCUT2D eigenvalue weighted by Gasteiger charge is 2.14. The number of rotatable bonds is 2. The number of carbonyl (C=O) groups is 1. The molecule has 0 aliphatic heterocycles. The lowest BCUT2D eigenvalue weighted by molar-refractivity contribution is -0.131. The Balaban J connectivity index is 3.13. The SMILES string of the molecule is CC(C)(C)c1cc(O)cc(C=CC(=O)O)c1. The molecule has 0 bridgehead atoms. The predicted molar refractivity (Wildman–Crippen MR) is 63.5 cm³/mol. The zero-order chi connectivity index (χ0) is 12.3. The minimum atomic E-state index is -0.999. The molecule has 0 saturated heterocycles. The molecule has 0 unspecified atom stereocenters. The van der Waals surface area contributed by atoms with Crippen molar-refractivity contribution < 1.29 is 15.0 Å². The van der Waals surface area contributed by atoms with Gasteiger partial charge in [0.15, 0.2) is 0 Å². The van der Waals surface area contributed by atoms with Gasteiger partial charge in [-0.05, 0) is 34.8 Å². The summed E-state index contributed by atoms with van der Waals surface area (Å²) in [4.78, 5) is 10.4. The first-order valence-electron chi connectivity index (χ1n) is 5.04. The molecule has 3 nitrogen and oxygen atoms in total. The fourth-order valence-corrected chi connectivity index (χ4v) is 1.33. The van der Waals surface area contributed by atoms with E-state index in [4.69, 9.17) is 5.11 Å². The third-order valence-corrected chi connectivity index (χ3v) is 2.22. The lowest BCUT2D eigenvalue weighted by Crippen LogP contribution is -2.10. The summed E-state index contributed by atoms with van der Waals surface area (Å²) in [6.45, 7) is 6.10. The van der Waals surface area contributed by atoms with Crippen LogP contribution in [0.15, 0.2) is 24.3 Å². The zero-order valence-electron chi connectivity index (χ0n) is 9.69. The topological polar surface area (TPSA) is 57.5 Å². The minimum absolute atomic E-state index is 0.0788. The lowest BCUT2D eigenvalue weighted by Gasteiger charge is -2.19.